The van der Waals surface area contributed by atoms with Crippen molar-refractivity contribution in [3.05, 3.63) is 29.6 Å². The number of likely N-dealkylation sites (tertiary alicyclic amines) is 1. The molecule has 0 bridgehead atoms. The maximum Gasteiger partial charge on any atom is 0.143 e. The van der Waals surface area contributed by atoms with Gasteiger partial charge in [0.1, 0.15) is 17.4 Å². The maximum absolute atomic E-state index is 13.6. The third-order valence-electron chi connectivity index (χ3n) is 4.26. The van der Waals surface area contributed by atoms with E-state index < -0.39 is 5.82 Å². The lowest BCUT2D eigenvalue weighted by atomic mass is 10.1. The van der Waals surface area contributed by atoms with Crippen molar-refractivity contribution in [2.75, 3.05) is 31.1 Å². The Balaban J connectivity index is 1.78. The molecular formula is C15H18FN3. The predicted molar refractivity (Wildman–Crippen MR) is 72.5 cm³/mol. The molecule has 3 rings (SSSR count). The van der Waals surface area contributed by atoms with Gasteiger partial charge in [0.2, 0.25) is 0 Å². The first-order valence-corrected chi connectivity index (χ1v) is 6.97. The number of nitrogens with zero attached hydrogens (tertiary/aromatic N) is 3. The standard InChI is InChI=1S/C15H18FN3/c16-14-4-3-5-15(13(14)10-17)19-9-6-12(11-19)18-7-1-2-8-18/h3-5,12H,1-2,6-9,11H2. The molecule has 4 heteroatoms. The summed E-state index contributed by atoms with van der Waals surface area (Å²) in [6.07, 6.45) is 3.70. The molecule has 0 radical (unpaired) electrons. The van der Waals surface area contributed by atoms with Crippen LogP contribution in [0, 0.1) is 17.1 Å². The summed E-state index contributed by atoms with van der Waals surface area (Å²) < 4.78 is 13.6. The highest BCUT2D eigenvalue weighted by Gasteiger charge is 2.30. The molecule has 2 heterocycles. The van der Waals surface area contributed by atoms with Crippen LogP contribution in [0.5, 0.6) is 0 Å². The minimum absolute atomic E-state index is 0.185. The molecule has 2 saturated heterocycles. The Hall–Kier alpha value is -1.60. The summed E-state index contributed by atoms with van der Waals surface area (Å²) in [5, 5.41) is 9.11. The van der Waals surface area contributed by atoms with Gasteiger partial charge in [0.15, 0.2) is 0 Å². The van der Waals surface area contributed by atoms with Gasteiger partial charge in [-0.1, -0.05) is 6.07 Å². The minimum Gasteiger partial charge on any atom is -0.369 e. The summed E-state index contributed by atoms with van der Waals surface area (Å²) >= 11 is 0. The second kappa shape index (κ2) is 5.18. The molecule has 1 atom stereocenters. The van der Waals surface area contributed by atoms with Crippen LogP contribution in [0.3, 0.4) is 0 Å². The van der Waals surface area contributed by atoms with E-state index in [-0.39, 0.29) is 5.56 Å². The zero-order chi connectivity index (χ0) is 13.2. The van der Waals surface area contributed by atoms with Crippen molar-refractivity contribution in [1.29, 1.82) is 5.26 Å². The third-order valence-corrected chi connectivity index (χ3v) is 4.26. The largest absolute Gasteiger partial charge is 0.369 e. The van der Waals surface area contributed by atoms with E-state index in [4.69, 9.17) is 5.26 Å². The number of halogens is 1. The Morgan fingerprint density at radius 3 is 2.74 bits per heavy atom. The fraction of sp³-hybridized carbons (Fsp3) is 0.533. The van der Waals surface area contributed by atoms with Gasteiger partial charge in [-0.2, -0.15) is 5.26 Å². The fourth-order valence-electron chi connectivity index (χ4n) is 3.25. The first kappa shape index (κ1) is 12.4. The van der Waals surface area contributed by atoms with Crippen LogP contribution in [0.15, 0.2) is 18.2 Å². The van der Waals surface area contributed by atoms with Crippen molar-refractivity contribution in [2.45, 2.75) is 25.3 Å². The summed E-state index contributed by atoms with van der Waals surface area (Å²) in [4.78, 5) is 4.69. The van der Waals surface area contributed by atoms with Gasteiger partial charge in [-0.15, -0.1) is 0 Å². The molecule has 100 valence electrons. The molecule has 0 N–H and O–H groups in total. The molecule has 2 aliphatic rings. The van der Waals surface area contributed by atoms with Crippen molar-refractivity contribution < 1.29 is 4.39 Å². The van der Waals surface area contributed by atoms with E-state index in [1.54, 1.807) is 6.07 Å². The molecule has 1 aromatic rings. The number of rotatable bonds is 2. The summed E-state index contributed by atoms with van der Waals surface area (Å²) in [7, 11) is 0. The SMILES string of the molecule is N#Cc1c(F)cccc1N1CCC(N2CCCC2)C1. The van der Waals surface area contributed by atoms with Crippen molar-refractivity contribution in [3.8, 4) is 6.07 Å². The normalized spacial score (nSPS) is 23.8. The zero-order valence-corrected chi connectivity index (χ0v) is 11.0. The maximum atomic E-state index is 13.6. The average molecular weight is 259 g/mol. The van der Waals surface area contributed by atoms with Crippen LogP contribution in [0.4, 0.5) is 10.1 Å². The Morgan fingerprint density at radius 1 is 1.21 bits per heavy atom. The van der Waals surface area contributed by atoms with Crippen molar-refractivity contribution in [3.63, 3.8) is 0 Å². The fourth-order valence-corrected chi connectivity index (χ4v) is 3.25. The molecule has 0 aliphatic carbocycles. The van der Waals surface area contributed by atoms with Crippen LogP contribution in [-0.4, -0.2) is 37.1 Å². The van der Waals surface area contributed by atoms with Crippen LogP contribution in [0.1, 0.15) is 24.8 Å². The lowest BCUT2D eigenvalue weighted by molar-refractivity contribution is 0.260. The molecule has 1 unspecified atom stereocenters. The Morgan fingerprint density at radius 2 is 2.00 bits per heavy atom. The van der Waals surface area contributed by atoms with Gasteiger partial charge in [-0.3, -0.25) is 4.90 Å². The monoisotopic (exact) mass is 259 g/mol. The van der Waals surface area contributed by atoms with E-state index in [1.165, 1.54) is 32.0 Å². The van der Waals surface area contributed by atoms with Crippen molar-refractivity contribution in [2.24, 2.45) is 0 Å². The van der Waals surface area contributed by atoms with E-state index in [0.29, 0.717) is 6.04 Å². The molecule has 0 amide bonds. The number of benzene rings is 1. The van der Waals surface area contributed by atoms with Gasteiger partial charge in [0, 0.05) is 19.1 Å². The highest BCUT2D eigenvalue weighted by molar-refractivity contribution is 5.60. The van der Waals surface area contributed by atoms with E-state index in [9.17, 15) is 4.39 Å². The second-order valence-corrected chi connectivity index (χ2v) is 5.38. The first-order valence-electron chi connectivity index (χ1n) is 6.97. The van der Waals surface area contributed by atoms with E-state index in [1.807, 2.05) is 12.1 Å². The third kappa shape index (κ3) is 2.31. The average Bonchev–Trinajstić information content (AvgIpc) is 3.09. The van der Waals surface area contributed by atoms with Crippen LogP contribution in [-0.2, 0) is 0 Å². The summed E-state index contributed by atoms with van der Waals surface area (Å²) in [6.45, 7) is 4.21. The number of hydrogen-bond donors (Lipinski definition) is 0. The van der Waals surface area contributed by atoms with Gasteiger partial charge < -0.3 is 4.90 Å². The van der Waals surface area contributed by atoms with Crippen LogP contribution in [0.2, 0.25) is 0 Å². The van der Waals surface area contributed by atoms with Gasteiger partial charge in [-0.25, -0.2) is 4.39 Å². The number of nitriles is 1. The molecule has 1 aromatic carbocycles. The van der Waals surface area contributed by atoms with Crippen LogP contribution in [0.25, 0.3) is 0 Å². The highest BCUT2D eigenvalue weighted by Crippen LogP contribution is 2.28. The molecule has 19 heavy (non-hydrogen) atoms. The van der Waals surface area contributed by atoms with Crippen molar-refractivity contribution in [1.82, 2.24) is 4.90 Å². The molecular weight excluding hydrogens is 241 g/mol. The lowest BCUT2D eigenvalue weighted by Crippen LogP contribution is -2.35. The zero-order valence-electron chi connectivity index (χ0n) is 11.0. The Bertz CT molecular complexity index is 503. The van der Waals surface area contributed by atoms with E-state index in [2.05, 4.69) is 9.80 Å². The summed E-state index contributed by atoms with van der Waals surface area (Å²) in [5.41, 5.74) is 0.939. The number of anilines is 1. The van der Waals surface area contributed by atoms with Gasteiger partial charge in [0.05, 0.1) is 5.69 Å². The van der Waals surface area contributed by atoms with E-state index >= 15 is 0 Å². The van der Waals surface area contributed by atoms with Crippen molar-refractivity contribution >= 4 is 5.69 Å². The van der Waals surface area contributed by atoms with Gasteiger partial charge in [0.25, 0.3) is 0 Å². The Kier molecular flexibility index (Phi) is 3.39. The highest BCUT2D eigenvalue weighted by atomic mass is 19.1. The summed E-state index contributed by atoms with van der Waals surface area (Å²) in [5.74, 6) is -0.412. The van der Waals surface area contributed by atoms with Crippen LogP contribution < -0.4 is 4.90 Å². The molecule has 0 saturated carbocycles. The topological polar surface area (TPSA) is 30.3 Å². The molecule has 0 spiro atoms. The van der Waals surface area contributed by atoms with Crippen LogP contribution >= 0.6 is 0 Å². The quantitative estimate of drug-likeness (QED) is 0.817. The minimum atomic E-state index is -0.412. The van der Waals surface area contributed by atoms with Gasteiger partial charge >= 0.3 is 0 Å². The van der Waals surface area contributed by atoms with Gasteiger partial charge in [-0.05, 0) is 44.5 Å². The Labute approximate surface area is 113 Å². The second-order valence-electron chi connectivity index (χ2n) is 5.38. The molecule has 2 fully saturated rings. The molecule has 3 nitrogen and oxygen atoms in total. The van der Waals surface area contributed by atoms with E-state index in [0.717, 1.165) is 25.2 Å². The molecule has 2 aliphatic heterocycles. The lowest BCUT2D eigenvalue weighted by Gasteiger charge is -2.25. The number of hydrogen-bond acceptors (Lipinski definition) is 3. The smallest absolute Gasteiger partial charge is 0.143 e. The molecule has 0 aromatic heterocycles. The first-order chi connectivity index (χ1) is 9.29. The summed E-state index contributed by atoms with van der Waals surface area (Å²) in [6, 6.07) is 7.46. The predicted octanol–water partition coefficient (Wildman–Crippen LogP) is 2.37.